The van der Waals surface area contributed by atoms with Crippen molar-refractivity contribution in [2.45, 2.75) is 11.6 Å². The Morgan fingerprint density at radius 2 is 1.43 bits per heavy atom. The Hall–Kier alpha value is -3.93. The van der Waals surface area contributed by atoms with E-state index in [2.05, 4.69) is 5.32 Å². The van der Waals surface area contributed by atoms with Crippen molar-refractivity contribution >= 4 is 28.9 Å². The molecule has 0 saturated heterocycles. The maximum atomic E-state index is 13.5. The average molecular weight is 482 g/mol. The fourth-order valence-corrected chi connectivity index (χ4v) is 4.69. The number of carbonyl (C=O) groups excluding carboxylic acids is 1. The highest BCUT2D eigenvalue weighted by atomic mass is 35.5. The van der Waals surface area contributed by atoms with Crippen LogP contribution in [0.3, 0.4) is 0 Å². The van der Waals surface area contributed by atoms with Crippen LogP contribution in [0.1, 0.15) is 27.4 Å². The summed E-state index contributed by atoms with van der Waals surface area (Å²) in [7, 11) is 0. The Balaban J connectivity index is 1.71. The number of aliphatic hydroxyl groups is 1. The van der Waals surface area contributed by atoms with E-state index in [1.165, 1.54) is 0 Å². The number of benzene rings is 4. The van der Waals surface area contributed by atoms with E-state index in [1.54, 1.807) is 17.1 Å². The molecule has 5 rings (SSSR count). The van der Waals surface area contributed by atoms with E-state index >= 15 is 0 Å². The molecular formula is C29H24ClN3O2. The third kappa shape index (κ3) is 4.32. The van der Waals surface area contributed by atoms with Crippen LogP contribution in [0.25, 0.3) is 0 Å². The highest BCUT2D eigenvalue weighted by Crippen LogP contribution is 2.43. The molecule has 1 heterocycles. The lowest BCUT2D eigenvalue weighted by Gasteiger charge is -2.41. The number of amides is 1. The number of halogens is 1. The lowest BCUT2D eigenvalue weighted by atomic mass is 9.80. The van der Waals surface area contributed by atoms with Crippen molar-refractivity contribution in [2.24, 2.45) is 5.10 Å². The highest BCUT2D eigenvalue weighted by Gasteiger charge is 2.53. The Labute approximate surface area is 209 Å². The van der Waals surface area contributed by atoms with Crippen molar-refractivity contribution in [2.75, 3.05) is 11.6 Å². The van der Waals surface area contributed by atoms with Crippen LogP contribution in [0.4, 0.5) is 5.69 Å². The summed E-state index contributed by atoms with van der Waals surface area (Å²) in [5.41, 5.74) is 2.47. The Bertz CT molecular complexity index is 1330. The monoisotopic (exact) mass is 481 g/mol. The molecule has 174 valence electrons. The summed E-state index contributed by atoms with van der Waals surface area (Å²) >= 11 is 6.21. The van der Waals surface area contributed by atoms with Crippen molar-refractivity contribution in [1.29, 1.82) is 0 Å². The Morgan fingerprint density at radius 1 is 0.857 bits per heavy atom. The van der Waals surface area contributed by atoms with Crippen LogP contribution >= 0.6 is 11.6 Å². The van der Waals surface area contributed by atoms with Crippen molar-refractivity contribution in [1.82, 2.24) is 5.32 Å². The van der Waals surface area contributed by atoms with Gasteiger partial charge < -0.3 is 10.4 Å². The van der Waals surface area contributed by atoms with Crippen molar-refractivity contribution in [3.8, 4) is 0 Å². The number of para-hydroxylation sites is 1. The molecule has 0 bridgehead atoms. The minimum Gasteiger partial charge on any atom is -0.392 e. The normalized spacial score (nSPS) is 19.3. The van der Waals surface area contributed by atoms with Gasteiger partial charge in [-0.2, -0.15) is 5.10 Å². The van der Waals surface area contributed by atoms with Gasteiger partial charge in [0, 0.05) is 10.6 Å². The van der Waals surface area contributed by atoms with Gasteiger partial charge in [0.05, 0.1) is 23.9 Å². The molecule has 0 aliphatic carbocycles. The highest BCUT2D eigenvalue weighted by molar-refractivity contribution is 6.30. The second kappa shape index (κ2) is 9.74. The molecule has 4 aromatic rings. The van der Waals surface area contributed by atoms with Crippen molar-refractivity contribution < 1.29 is 9.90 Å². The number of anilines is 1. The van der Waals surface area contributed by atoms with Crippen LogP contribution in [0.5, 0.6) is 0 Å². The molecule has 35 heavy (non-hydrogen) atoms. The van der Waals surface area contributed by atoms with E-state index in [-0.39, 0.29) is 12.5 Å². The van der Waals surface area contributed by atoms with Crippen LogP contribution in [-0.2, 0) is 0 Å². The van der Waals surface area contributed by atoms with Gasteiger partial charge in [0.25, 0.3) is 5.91 Å². The van der Waals surface area contributed by atoms with E-state index in [0.29, 0.717) is 10.6 Å². The molecule has 0 unspecified atom stereocenters. The molecular weight excluding hydrogens is 458 g/mol. The summed E-state index contributed by atoms with van der Waals surface area (Å²) in [6, 6.07) is 35.8. The minimum absolute atomic E-state index is 0.302. The SMILES string of the molecule is O=C(N[C@]1(CO)[C@H](c2ccc(Cl)cc2)C(c2ccccc2)=NN1c1ccccc1)c1ccccc1. The van der Waals surface area contributed by atoms with Crippen LogP contribution in [-0.4, -0.2) is 29.0 Å². The third-order valence-electron chi connectivity index (χ3n) is 6.22. The summed E-state index contributed by atoms with van der Waals surface area (Å²) in [5.74, 6) is -0.788. The molecule has 2 N–H and O–H groups in total. The molecule has 5 nitrogen and oxygen atoms in total. The molecule has 6 heteroatoms. The molecule has 1 aliphatic heterocycles. The maximum absolute atomic E-state index is 13.5. The van der Waals surface area contributed by atoms with E-state index in [9.17, 15) is 9.90 Å². The predicted octanol–water partition coefficient (Wildman–Crippen LogP) is 5.47. The molecule has 0 fully saturated rings. The maximum Gasteiger partial charge on any atom is 0.253 e. The van der Waals surface area contributed by atoms with Gasteiger partial charge in [-0.1, -0.05) is 90.5 Å². The van der Waals surface area contributed by atoms with Gasteiger partial charge >= 0.3 is 0 Å². The lowest BCUT2D eigenvalue weighted by Crippen LogP contribution is -2.63. The minimum atomic E-state index is -1.28. The molecule has 0 spiro atoms. The summed E-state index contributed by atoms with van der Waals surface area (Å²) in [6.07, 6.45) is 0. The first-order chi connectivity index (χ1) is 17.1. The largest absolute Gasteiger partial charge is 0.392 e. The van der Waals surface area contributed by atoms with E-state index in [0.717, 1.165) is 22.5 Å². The molecule has 2 atom stereocenters. The summed E-state index contributed by atoms with van der Waals surface area (Å²) in [5, 5.41) is 21.6. The number of hydrogen-bond acceptors (Lipinski definition) is 4. The standard InChI is InChI=1S/C29H24ClN3O2/c30-24-18-16-21(17-19-24)26-27(22-10-4-1-5-11-22)32-33(25-14-8-3-9-15-25)29(26,20-34)31-28(35)23-12-6-2-7-13-23/h1-19,26,34H,20H2,(H,31,35)/t26-,29+/m1/s1. The number of hydrogen-bond donors (Lipinski definition) is 2. The van der Waals surface area contributed by atoms with Crippen molar-refractivity contribution in [3.63, 3.8) is 0 Å². The number of nitrogens with one attached hydrogen (secondary N) is 1. The van der Waals surface area contributed by atoms with E-state index in [4.69, 9.17) is 16.7 Å². The number of rotatable bonds is 6. The number of carbonyl (C=O) groups is 1. The molecule has 0 radical (unpaired) electrons. The summed E-state index contributed by atoms with van der Waals surface area (Å²) in [6.45, 7) is -0.381. The van der Waals surface area contributed by atoms with Gasteiger partial charge in [-0.05, 0) is 47.5 Å². The second-order valence-electron chi connectivity index (χ2n) is 8.39. The van der Waals surface area contributed by atoms with Gasteiger partial charge in [-0.3, -0.25) is 4.79 Å². The summed E-state index contributed by atoms with van der Waals surface area (Å²) < 4.78 is 0. The van der Waals surface area contributed by atoms with Crippen LogP contribution in [0.15, 0.2) is 120 Å². The molecule has 0 saturated carbocycles. The van der Waals surface area contributed by atoms with Crippen molar-refractivity contribution in [3.05, 3.63) is 137 Å². The Kier molecular flexibility index (Phi) is 6.36. The topological polar surface area (TPSA) is 64.9 Å². The third-order valence-corrected chi connectivity index (χ3v) is 6.47. The van der Waals surface area contributed by atoms with E-state index in [1.807, 2.05) is 103 Å². The Morgan fingerprint density at radius 3 is 2.03 bits per heavy atom. The number of nitrogens with zero attached hydrogens (tertiary/aromatic N) is 2. The summed E-state index contributed by atoms with van der Waals surface area (Å²) in [4.78, 5) is 13.5. The fourth-order valence-electron chi connectivity index (χ4n) is 4.56. The van der Waals surface area contributed by atoms with Gasteiger partial charge in [0.1, 0.15) is 0 Å². The quantitative estimate of drug-likeness (QED) is 0.384. The van der Waals surface area contributed by atoms with Crippen LogP contribution in [0, 0.1) is 0 Å². The number of hydrazone groups is 1. The molecule has 1 amide bonds. The zero-order valence-corrected chi connectivity index (χ0v) is 19.6. The van der Waals surface area contributed by atoms with Gasteiger partial charge in [0.2, 0.25) is 0 Å². The lowest BCUT2D eigenvalue weighted by molar-refractivity contribution is 0.0824. The van der Waals surface area contributed by atoms with Crippen LogP contribution in [0.2, 0.25) is 5.02 Å². The average Bonchev–Trinajstić information content (AvgIpc) is 3.25. The van der Waals surface area contributed by atoms with Gasteiger partial charge in [0.15, 0.2) is 5.66 Å². The number of aliphatic hydroxyl groups excluding tert-OH is 1. The molecule has 1 aliphatic rings. The molecule has 0 aromatic heterocycles. The first-order valence-corrected chi connectivity index (χ1v) is 11.7. The fraction of sp³-hybridized carbons (Fsp3) is 0.103. The predicted molar refractivity (Wildman–Crippen MR) is 140 cm³/mol. The van der Waals surface area contributed by atoms with Crippen LogP contribution < -0.4 is 10.3 Å². The smallest absolute Gasteiger partial charge is 0.253 e. The van der Waals surface area contributed by atoms with Gasteiger partial charge in [-0.25, -0.2) is 5.01 Å². The zero-order chi connectivity index (χ0) is 24.3. The second-order valence-corrected chi connectivity index (χ2v) is 8.82. The zero-order valence-electron chi connectivity index (χ0n) is 18.9. The first-order valence-electron chi connectivity index (χ1n) is 11.4. The van der Waals surface area contributed by atoms with Gasteiger partial charge in [-0.15, -0.1) is 0 Å². The first kappa shape index (κ1) is 22.8. The molecule has 4 aromatic carbocycles. The van der Waals surface area contributed by atoms with E-state index < -0.39 is 11.6 Å².